The van der Waals surface area contributed by atoms with E-state index >= 15 is 0 Å². The minimum absolute atomic E-state index is 0.187. The number of ether oxygens (including phenoxy) is 1. The molecule has 2 aromatic carbocycles. The van der Waals surface area contributed by atoms with Crippen molar-refractivity contribution in [1.29, 1.82) is 0 Å². The fourth-order valence-electron chi connectivity index (χ4n) is 3.65. The third-order valence-electron chi connectivity index (χ3n) is 5.16. The Bertz CT molecular complexity index is 976. The number of nitrogens with one attached hydrogen (secondary N) is 1. The quantitative estimate of drug-likeness (QED) is 0.476. The van der Waals surface area contributed by atoms with Gasteiger partial charge in [-0.1, -0.05) is 6.07 Å². The molecule has 0 unspecified atom stereocenters. The molecule has 0 spiro atoms. The summed E-state index contributed by atoms with van der Waals surface area (Å²) >= 11 is 0. The molecule has 2 heterocycles. The van der Waals surface area contributed by atoms with Crippen LogP contribution in [0.4, 0.5) is 15.8 Å². The Balaban J connectivity index is 1.38. The Labute approximate surface area is 167 Å². The number of hydrogen-bond acceptors (Lipinski definition) is 5. The van der Waals surface area contributed by atoms with Crippen LogP contribution in [0.15, 0.2) is 42.5 Å². The summed E-state index contributed by atoms with van der Waals surface area (Å²) < 4.78 is 18.2. The van der Waals surface area contributed by atoms with Gasteiger partial charge < -0.3 is 19.9 Å². The van der Waals surface area contributed by atoms with Gasteiger partial charge in [-0.05, 0) is 37.3 Å². The number of carbonyl (C=O) groups excluding carboxylic acids is 3. The Hall–Kier alpha value is -3.42. The third kappa shape index (κ3) is 3.91. The second kappa shape index (κ2) is 7.54. The summed E-state index contributed by atoms with van der Waals surface area (Å²) in [7, 11) is 0. The molecule has 7 nitrogen and oxygen atoms in total. The van der Waals surface area contributed by atoms with Crippen LogP contribution < -0.4 is 15.0 Å². The van der Waals surface area contributed by atoms with Gasteiger partial charge in [-0.25, -0.2) is 4.39 Å². The fourth-order valence-corrected chi connectivity index (χ4v) is 3.65. The Morgan fingerprint density at radius 3 is 2.62 bits per heavy atom. The molecule has 0 radical (unpaired) electrons. The van der Waals surface area contributed by atoms with E-state index in [0.29, 0.717) is 31.1 Å². The van der Waals surface area contributed by atoms with Crippen molar-refractivity contribution in [3.05, 3.63) is 53.8 Å². The zero-order valence-corrected chi connectivity index (χ0v) is 15.9. The summed E-state index contributed by atoms with van der Waals surface area (Å²) in [5.41, 5.74) is 2.03. The van der Waals surface area contributed by atoms with E-state index in [-0.39, 0.29) is 24.2 Å². The van der Waals surface area contributed by atoms with E-state index in [1.807, 2.05) is 6.92 Å². The highest BCUT2D eigenvalue weighted by atomic mass is 19.1. The van der Waals surface area contributed by atoms with E-state index in [1.165, 1.54) is 17.0 Å². The number of hydrogen-bond donors (Lipinski definition) is 1. The van der Waals surface area contributed by atoms with Crippen molar-refractivity contribution in [2.75, 3.05) is 29.9 Å². The highest BCUT2D eigenvalue weighted by Gasteiger charge is 2.31. The van der Waals surface area contributed by atoms with E-state index in [0.717, 1.165) is 11.3 Å². The van der Waals surface area contributed by atoms with Crippen molar-refractivity contribution >= 4 is 29.2 Å². The summed E-state index contributed by atoms with van der Waals surface area (Å²) in [5, 5.41) is 2.58. The predicted molar refractivity (Wildman–Crippen MR) is 104 cm³/mol. The third-order valence-corrected chi connectivity index (χ3v) is 5.16. The first-order chi connectivity index (χ1) is 13.9. The molecule has 0 saturated carbocycles. The SMILES string of the molecule is C[C@H]1CN(c2ccc(F)cc2)CCN1C(=O)C(=O)Nc1ccc2c(c1)OC(=O)C2. The van der Waals surface area contributed by atoms with Gasteiger partial charge in [-0.2, -0.15) is 0 Å². The Kier molecular flexibility index (Phi) is 4.92. The van der Waals surface area contributed by atoms with Gasteiger partial charge in [0.05, 0.1) is 6.42 Å². The maximum Gasteiger partial charge on any atom is 0.315 e. The van der Waals surface area contributed by atoms with E-state index in [2.05, 4.69) is 10.2 Å². The van der Waals surface area contributed by atoms with Crippen LogP contribution in [0.5, 0.6) is 5.75 Å². The van der Waals surface area contributed by atoms with Crippen LogP contribution in [0.3, 0.4) is 0 Å². The lowest BCUT2D eigenvalue weighted by molar-refractivity contribution is -0.144. The lowest BCUT2D eigenvalue weighted by Crippen LogP contribution is -2.56. The normalized spacial score (nSPS) is 18.3. The summed E-state index contributed by atoms with van der Waals surface area (Å²) in [5.74, 6) is -1.59. The monoisotopic (exact) mass is 397 g/mol. The van der Waals surface area contributed by atoms with Crippen molar-refractivity contribution in [2.45, 2.75) is 19.4 Å². The molecule has 1 atom stereocenters. The number of halogens is 1. The first kappa shape index (κ1) is 18.9. The molecule has 29 heavy (non-hydrogen) atoms. The van der Waals surface area contributed by atoms with Crippen molar-refractivity contribution in [2.24, 2.45) is 0 Å². The van der Waals surface area contributed by atoms with Crippen molar-refractivity contribution in [3.8, 4) is 5.75 Å². The summed E-state index contributed by atoms with van der Waals surface area (Å²) in [6, 6.07) is 10.9. The molecule has 1 N–H and O–H groups in total. The Morgan fingerprint density at radius 2 is 1.90 bits per heavy atom. The van der Waals surface area contributed by atoms with E-state index in [1.54, 1.807) is 30.3 Å². The van der Waals surface area contributed by atoms with Crippen molar-refractivity contribution < 1.29 is 23.5 Å². The number of anilines is 2. The second-order valence-electron chi connectivity index (χ2n) is 7.20. The molecule has 2 aromatic rings. The van der Waals surface area contributed by atoms with E-state index in [4.69, 9.17) is 4.74 Å². The minimum Gasteiger partial charge on any atom is -0.426 e. The average molecular weight is 397 g/mol. The maximum absolute atomic E-state index is 13.1. The molecular weight excluding hydrogens is 377 g/mol. The molecule has 0 aromatic heterocycles. The van der Waals surface area contributed by atoms with Crippen LogP contribution in [0.1, 0.15) is 12.5 Å². The Morgan fingerprint density at radius 1 is 1.14 bits per heavy atom. The number of fused-ring (bicyclic) bond motifs is 1. The molecule has 0 aliphatic carbocycles. The second-order valence-corrected chi connectivity index (χ2v) is 7.20. The zero-order chi connectivity index (χ0) is 20.5. The molecule has 4 rings (SSSR count). The fraction of sp³-hybridized carbons (Fsp3) is 0.286. The van der Waals surface area contributed by atoms with Crippen LogP contribution in [0, 0.1) is 5.82 Å². The zero-order valence-electron chi connectivity index (χ0n) is 15.9. The predicted octanol–water partition coefficient (Wildman–Crippen LogP) is 1.96. The summed E-state index contributed by atoms with van der Waals surface area (Å²) in [6.45, 7) is 3.34. The van der Waals surface area contributed by atoms with E-state index < -0.39 is 11.8 Å². The highest BCUT2D eigenvalue weighted by Crippen LogP contribution is 2.29. The minimum atomic E-state index is -0.739. The van der Waals surface area contributed by atoms with Gasteiger partial charge >= 0.3 is 17.8 Å². The largest absolute Gasteiger partial charge is 0.426 e. The number of benzene rings is 2. The van der Waals surface area contributed by atoms with Crippen molar-refractivity contribution in [3.63, 3.8) is 0 Å². The van der Waals surface area contributed by atoms with Gasteiger partial charge in [0.1, 0.15) is 11.6 Å². The topological polar surface area (TPSA) is 79.0 Å². The molecule has 2 aliphatic rings. The molecule has 1 fully saturated rings. The lowest BCUT2D eigenvalue weighted by Gasteiger charge is -2.40. The van der Waals surface area contributed by atoms with Crippen LogP contribution in [-0.2, 0) is 20.8 Å². The number of rotatable bonds is 2. The number of amides is 2. The van der Waals surface area contributed by atoms with Gasteiger partial charge in [0.2, 0.25) is 0 Å². The molecule has 8 heteroatoms. The molecule has 2 amide bonds. The molecular formula is C21H20FN3O4. The lowest BCUT2D eigenvalue weighted by atomic mass is 10.1. The standard InChI is InChI=1S/C21H20FN3O4/c1-13-12-24(17-6-3-15(22)4-7-17)8-9-25(13)21(28)20(27)23-16-5-2-14-10-19(26)29-18(14)11-16/h2-7,11,13H,8-10,12H2,1H3,(H,23,27)/t13-/m0/s1. The van der Waals surface area contributed by atoms with Crippen molar-refractivity contribution in [1.82, 2.24) is 4.90 Å². The van der Waals surface area contributed by atoms with E-state index in [9.17, 15) is 18.8 Å². The first-order valence-corrected chi connectivity index (χ1v) is 9.37. The van der Waals surface area contributed by atoms with Crippen LogP contribution in [0.25, 0.3) is 0 Å². The number of carbonyl (C=O) groups is 3. The highest BCUT2D eigenvalue weighted by molar-refractivity contribution is 6.39. The number of piperazine rings is 1. The van der Waals surface area contributed by atoms with Gasteiger partial charge in [0.15, 0.2) is 0 Å². The molecule has 0 bridgehead atoms. The smallest absolute Gasteiger partial charge is 0.315 e. The van der Waals surface area contributed by atoms with Crippen LogP contribution >= 0.6 is 0 Å². The maximum atomic E-state index is 13.1. The summed E-state index contributed by atoms with van der Waals surface area (Å²) in [6.07, 6.45) is 0.207. The van der Waals surface area contributed by atoms with Crippen LogP contribution in [-0.4, -0.2) is 48.4 Å². The average Bonchev–Trinajstić information content (AvgIpc) is 3.07. The van der Waals surface area contributed by atoms with Crippen LogP contribution in [0.2, 0.25) is 0 Å². The van der Waals surface area contributed by atoms with Gasteiger partial charge in [-0.15, -0.1) is 0 Å². The van der Waals surface area contributed by atoms with Gasteiger partial charge in [0.25, 0.3) is 0 Å². The first-order valence-electron chi connectivity index (χ1n) is 9.37. The molecule has 1 saturated heterocycles. The number of esters is 1. The molecule has 2 aliphatic heterocycles. The number of nitrogens with zero attached hydrogens (tertiary/aromatic N) is 2. The van der Waals surface area contributed by atoms with Gasteiger partial charge in [-0.3, -0.25) is 14.4 Å². The molecule has 150 valence electrons. The summed E-state index contributed by atoms with van der Waals surface area (Å²) in [4.78, 5) is 40.0. The van der Waals surface area contributed by atoms with Gasteiger partial charge in [0, 0.05) is 48.7 Å².